The quantitative estimate of drug-likeness (QED) is 0.597. The molecule has 1 nitrogen and oxygen atoms in total. The molecule has 0 aliphatic carbocycles. The van der Waals surface area contributed by atoms with Crippen molar-refractivity contribution in [1.82, 2.24) is 4.90 Å². The van der Waals surface area contributed by atoms with Crippen LogP contribution >= 0.6 is 0 Å². The average molecular weight is 185 g/mol. The van der Waals surface area contributed by atoms with Gasteiger partial charge in [0.05, 0.1) is 23.5 Å². The van der Waals surface area contributed by atoms with Crippen molar-refractivity contribution in [3.63, 3.8) is 0 Å². The van der Waals surface area contributed by atoms with E-state index in [-0.39, 0.29) is 11.5 Å². The molecule has 1 aliphatic heterocycles. The van der Waals surface area contributed by atoms with Gasteiger partial charge in [0.15, 0.2) is 0 Å². The van der Waals surface area contributed by atoms with Crippen LogP contribution < -0.4 is 0 Å². The molecular weight excluding hydrogens is 167 g/mol. The molecule has 6 radical (unpaired) electrons. The molecule has 4 heteroatoms. The van der Waals surface area contributed by atoms with Crippen molar-refractivity contribution in [2.45, 2.75) is 56.7 Å². The zero-order chi connectivity index (χ0) is 11.0. The Bertz CT molecular complexity index is 204. The van der Waals surface area contributed by atoms with E-state index in [1.807, 2.05) is 0 Å². The highest BCUT2D eigenvalue weighted by molar-refractivity contribution is 6.44. The van der Waals surface area contributed by atoms with E-state index in [1.165, 1.54) is 0 Å². The average Bonchev–Trinajstić information content (AvgIpc) is 2.27. The molecule has 0 bridgehead atoms. The first-order valence-corrected chi connectivity index (χ1v) is 5.41. The van der Waals surface area contributed by atoms with E-state index in [1.54, 1.807) is 0 Å². The third kappa shape index (κ3) is 2.21. The molecule has 1 saturated heterocycles. The van der Waals surface area contributed by atoms with Gasteiger partial charge >= 0.3 is 0 Å². The molecule has 1 aliphatic rings. The molecule has 72 valence electrons. The van der Waals surface area contributed by atoms with Crippen LogP contribution in [0.3, 0.4) is 0 Å². The van der Waals surface area contributed by atoms with Gasteiger partial charge in [-0.2, -0.15) is 0 Å². The zero-order valence-electron chi connectivity index (χ0n) is 9.59. The van der Waals surface area contributed by atoms with Crippen LogP contribution in [0.4, 0.5) is 0 Å². The van der Waals surface area contributed by atoms with E-state index in [4.69, 9.17) is 23.5 Å². The predicted octanol–water partition coefficient (Wildman–Crippen LogP) is 1.22. The summed E-state index contributed by atoms with van der Waals surface area (Å²) in [4.78, 5) is 2.23. The Morgan fingerprint density at radius 2 is 2.00 bits per heavy atom. The number of hydrogen-bond acceptors (Lipinski definition) is 1. The van der Waals surface area contributed by atoms with Gasteiger partial charge in [0.1, 0.15) is 0 Å². The molecule has 1 atom stereocenters. The third-order valence-electron chi connectivity index (χ3n) is 3.31. The fourth-order valence-electron chi connectivity index (χ4n) is 2.33. The molecule has 0 amide bonds. The maximum Gasteiger partial charge on any atom is 0.0898 e. The Labute approximate surface area is 92.2 Å². The molecule has 1 heterocycles. The second-order valence-corrected chi connectivity index (χ2v) is 5.06. The SMILES string of the molecule is [B]C1N(C(C)(C)CCC)CCC1([B])[B]. The lowest BCUT2D eigenvalue weighted by Gasteiger charge is -2.42. The molecule has 0 aromatic rings. The summed E-state index contributed by atoms with van der Waals surface area (Å²) in [5.41, 5.74) is 0.106. The van der Waals surface area contributed by atoms with E-state index >= 15 is 0 Å². The van der Waals surface area contributed by atoms with E-state index in [0.29, 0.717) is 0 Å². The molecule has 0 aromatic carbocycles. The van der Waals surface area contributed by atoms with Crippen molar-refractivity contribution in [2.75, 3.05) is 6.54 Å². The Hall–Kier alpha value is 0.155. The van der Waals surface area contributed by atoms with E-state index in [0.717, 1.165) is 25.8 Å². The van der Waals surface area contributed by atoms with Gasteiger partial charge in [0.2, 0.25) is 0 Å². The summed E-state index contributed by atoms with van der Waals surface area (Å²) in [7, 11) is 17.9. The first-order chi connectivity index (χ1) is 6.31. The molecule has 0 spiro atoms. The minimum absolute atomic E-state index is 0.106. The van der Waals surface area contributed by atoms with Crippen molar-refractivity contribution in [2.24, 2.45) is 0 Å². The number of hydrogen-bond donors (Lipinski definition) is 0. The lowest BCUT2D eigenvalue weighted by Crippen LogP contribution is -2.49. The third-order valence-corrected chi connectivity index (χ3v) is 3.31. The van der Waals surface area contributed by atoms with Gasteiger partial charge < -0.3 is 4.90 Å². The smallest absolute Gasteiger partial charge is 0.0898 e. The van der Waals surface area contributed by atoms with Gasteiger partial charge in [-0.05, 0) is 39.2 Å². The fraction of sp³-hybridized carbons (Fsp3) is 1.00. The van der Waals surface area contributed by atoms with Gasteiger partial charge in [-0.3, -0.25) is 0 Å². The van der Waals surface area contributed by atoms with Crippen LogP contribution in [0.1, 0.15) is 40.0 Å². The zero-order valence-corrected chi connectivity index (χ0v) is 9.59. The van der Waals surface area contributed by atoms with Crippen LogP contribution in [0.25, 0.3) is 0 Å². The lowest BCUT2D eigenvalue weighted by atomic mass is 9.46. The molecule has 0 N–H and O–H groups in total. The Morgan fingerprint density at radius 3 is 2.36 bits per heavy atom. The molecular formula is C10H18B3N. The standard InChI is InChI=1S/C10H18B3N/c1-4-5-9(2,3)14-7-6-10(12,13)8(14)11/h8H,4-7H2,1-3H3. The van der Waals surface area contributed by atoms with Gasteiger partial charge in [0.25, 0.3) is 0 Å². The van der Waals surface area contributed by atoms with E-state index in [2.05, 4.69) is 25.7 Å². The van der Waals surface area contributed by atoms with Crippen LogP contribution in [0.2, 0.25) is 5.21 Å². The molecule has 14 heavy (non-hydrogen) atoms. The van der Waals surface area contributed by atoms with Gasteiger partial charge in [0, 0.05) is 5.54 Å². The summed E-state index contributed by atoms with van der Waals surface area (Å²) in [6.45, 7) is 7.50. The van der Waals surface area contributed by atoms with Crippen LogP contribution in [-0.4, -0.2) is 46.5 Å². The summed E-state index contributed by atoms with van der Waals surface area (Å²) >= 11 is 0. The molecule has 0 aromatic heterocycles. The van der Waals surface area contributed by atoms with Crippen molar-refractivity contribution in [3.8, 4) is 0 Å². The first kappa shape index (κ1) is 12.2. The van der Waals surface area contributed by atoms with Gasteiger partial charge in [-0.1, -0.05) is 18.6 Å². The van der Waals surface area contributed by atoms with E-state index in [9.17, 15) is 0 Å². The first-order valence-electron chi connectivity index (χ1n) is 5.41. The summed E-state index contributed by atoms with van der Waals surface area (Å²) in [5.74, 6) is -0.218. The molecule has 1 fully saturated rings. The Morgan fingerprint density at radius 1 is 1.43 bits per heavy atom. The van der Waals surface area contributed by atoms with Crippen molar-refractivity contribution in [1.29, 1.82) is 0 Å². The normalized spacial score (nSPS) is 28.1. The fourth-order valence-corrected chi connectivity index (χ4v) is 2.33. The minimum Gasteiger partial charge on any atom is -0.305 e. The van der Waals surface area contributed by atoms with Crippen LogP contribution in [-0.2, 0) is 0 Å². The summed E-state index contributed by atoms with van der Waals surface area (Å²) in [6.07, 6.45) is 3.05. The van der Waals surface area contributed by atoms with Crippen molar-refractivity contribution >= 4 is 23.5 Å². The van der Waals surface area contributed by atoms with Crippen LogP contribution in [0.5, 0.6) is 0 Å². The summed E-state index contributed by atoms with van der Waals surface area (Å²) in [6, 6.07) is 0. The van der Waals surface area contributed by atoms with E-state index < -0.39 is 5.21 Å². The molecule has 1 rings (SSSR count). The lowest BCUT2D eigenvalue weighted by molar-refractivity contribution is 0.126. The number of nitrogens with zero attached hydrogens (tertiary/aromatic N) is 1. The number of likely N-dealkylation sites (tertiary alicyclic amines) is 1. The topological polar surface area (TPSA) is 3.24 Å². The molecule has 1 unspecified atom stereocenters. The predicted molar refractivity (Wildman–Crippen MR) is 64.1 cm³/mol. The minimum atomic E-state index is -0.717. The van der Waals surface area contributed by atoms with Gasteiger partial charge in [-0.25, -0.2) is 0 Å². The second kappa shape index (κ2) is 3.96. The maximum absolute atomic E-state index is 6.05. The highest BCUT2D eigenvalue weighted by Gasteiger charge is 2.41. The summed E-state index contributed by atoms with van der Waals surface area (Å²) < 4.78 is 0. The summed E-state index contributed by atoms with van der Waals surface area (Å²) in [5, 5.41) is -0.717. The monoisotopic (exact) mass is 185 g/mol. The highest BCUT2D eigenvalue weighted by atomic mass is 15.2. The second-order valence-electron chi connectivity index (χ2n) is 5.06. The largest absolute Gasteiger partial charge is 0.305 e. The molecule has 0 saturated carbocycles. The van der Waals surface area contributed by atoms with Crippen LogP contribution in [0.15, 0.2) is 0 Å². The van der Waals surface area contributed by atoms with Crippen molar-refractivity contribution < 1.29 is 0 Å². The van der Waals surface area contributed by atoms with Crippen molar-refractivity contribution in [3.05, 3.63) is 0 Å². The number of rotatable bonds is 3. The van der Waals surface area contributed by atoms with Gasteiger partial charge in [-0.15, -0.1) is 0 Å². The highest BCUT2D eigenvalue weighted by Crippen LogP contribution is 2.40. The van der Waals surface area contributed by atoms with Crippen LogP contribution in [0, 0.1) is 0 Å². The maximum atomic E-state index is 6.05. The Balaban J connectivity index is 2.71. The Kier molecular flexibility index (Phi) is 3.46.